The summed E-state index contributed by atoms with van der Waals surface area (Å²) in [5.74, 6) is 0.792. The SMILES string of the molecule is CCCCNC(=O)COc1nc(-c2ccccc2)ccc1NCC(N)CS. The number of benzene rings is 1. The Labute approximate surface area is 166 Å². The lowest BCUT2D eigenvalue weighted by Gasteiger charge is -2.16. The van der Waals surface area contributed by atoms with Crippen molar-refractivity contribution in [3.05, 3.63) is 42.5 Å². The second-order valence-electron chi connectivity index (χ2n) is 6.23. The molecule has 0 radical (unpaired) electrons. The number of nitrogens with one attached hydrogen (secondary N) is 2. The molecule has 1 heterocycles. The van der Waals surface area contributed by atoms with Crippen molar-refractivity contribution in [3.8, 4) is 17.1 Å². The van der Waals surface area contributed by atoms with E-state index in [0.717, 1.165) is 24.1 Å². The van der Waals surface area contributed by atoms with Gasteiger partial charge in [0.2, 0.25) is 5.88 Å². The Balaban J connectivity index is 2.12. The largest absolute Gasteiger partial charge is 0.466 e. The molecule has 0 aliphatic rings. The van der Waals surface area contributed by atoms with Gasteiger partial charge in [-0.25, -0.2) is 4.98 Å². The fourth-order valence-electron chi connectivity index (χ4n) is 2.35. The topological polar surface area (TPSA) is 89.3 Å². The van der Waals surface area contributed by atoms with Gasteiger partial charge in [-0.3, -0.25) is 4.79 Å². The number of unbranched alkanes of at least 4 members (excludes halogenated alkanes) is 1. The molecule has 2 rings (SSSR count). The summed E-state index contributed by atoms with van der Waals surface area (Å²) in [6, 6.07) is 13.5. The lowest BCUT2D eigenvalue weighted by Crippen LogP contribution is -2.31. The molecular weight excluding hydrogens is 360 g/mol. The normalized spacial score (nSPS) is 11.7. The molecule has 1 aromatic heterocycles. The van der Waals surface area contributed by atoms with Crippen LogP contribution in [0.3, 0.4) is 0 Å². The maximum absolute atomic E-state index is 12.0. The van der Waals surface area contributed by atoms with Gasteiger partial charge in [0.05, 0.1) is 11.4 Å². The van der Waals surface area contributed by atoms with Crippen LogP contribution in [0.25, 0.3) is 11.3 Å². The molecule has 0 saturated heterocycles. The number of nitrogens with two attached hydrogens (primary N) is 1. The summed E-state index contributed by atoms with van der Waals surface area (Å²) in [4.78, 5) is 16.5. The highest BCUT2D eigenvalue weighted by Crippen LogP contribution is 2.27. The van der Waals surface area contributed by atoms with Crippen molar-refractivity contribution in [1.29, 1.82) is 0 Å². The number of anilines is 1. The Kier molecular flexibility index (Phi) is 8.94. The molecule has 0 fully saturated rings. The standard InChI is InChI=1S/C20H28N4O2S/c1-2-3-11-22-19(25)13-26-20-18(23-12-16(21)14-27)10-9-17(24-20)15-7-5-4-6-8-15/h4-10,16,23,27H,2-3,11-14,21H2,1H3,(H,22,25). The van der Waals surface area contributed by atoms with Crippen LogP contribution in [0.15, 0.2) is 42.5 Å². The van der Waals surface area contributed by atoms with Crippen molar-refractivity contribution < 1.29 is 9.53 Å². The van der Waals surface area contributed by atoms with Crippen molar-refractivity contribution in [2.45, 2.75) is 25.8 Å². The Hall–Kier alpha value is -2.25. The van der Waals surface area contributed by atoms with E-state index in [-0.39, 0.29) is 18.6 Å². The maximum Gasteiger partial charge on any atom is 0.258 e. The van der Waals surface area contributed by atoms with E-state index in [1.807, 2.05) is 42.5 Å². The average Bonchev–Trinajstić information content (AvgIpc) is 2.71. The van der Waals surface area contributed by atoms with Gasteiger partial charge >= 0.3 is 0 Å². The third-order valence-electron chi connectivity index (χ3n) is 3.91. The fourth-order valence-corrected chi connectivity index (χ4v) is 2.48. The van der Waals surface area contributed by atoms with Crippen LogP contribution in [0.4, 0.5) is 5.69 Å². The van der Waals surface area contributed by atoms with Gasteiger partial charge in [-0.2, -0.15) is 12.6 Å². The van der Waals surface area contributed by atoms with Crippen LogP contribution >= 0.6 is 12.6 Å². The molecule has 1 atom stereocenters. The number of hydrogen-bond acceptors (Lipinski definition) is 6. The average molecular weight is 389 g/mol. The number of aromatic nitrogens is 1. The number of pyridine rings is 1. The van der Waals surface area contributed by atoms with Gasteiger partial charge in [0.25, 0.3) is 5.91 Å². The van der Waals surface area contributed by atoms with Crippen LogP contribution in [0.1, 0.15) is 19.8 Å². The Bertz CT molecular complexity index is 712. The monoisotopic (exact) mass is 388 g/mol. The molecule has 146 valence electrons. The summed E-state index contributed by atoms with van der Waals surface area (Å²) in [6.45, 7) is 3.18. The van der Waals surface area contributed by atoms with Gasteiger partial charge in [0.15, 0.2) is 6.61 Å². The zero-order valence-electron chi connectivity index (χ0n) is 15.6. The number of hydrogen-bond donors (Lipinski definition) is 4. The molecule has 1 unspecified atom stereocenters. The minimum Gasteiger partial charge on any atom is -0.466 e. The highest BCUT2D eigenvalue weighted by atomic mass is 32.1. The van der Waals surface area contributed by atoms with Crippen molar-refractivity contribution in [1.82, 2.24) is 10.3 Å². The minimum absolute atomic E-state index is 0.0811. The summed E-state index contributed by atoms with van der Waals surface area (Å²) >= 11 is 4.20. The number of thiol groups is 1. The Morgan fingerprint density at radius 1 is 1.26 bits per heavy atom. The van der Waals surface area contributed by atoms with E-state index >= 15 is 0 Å². The third kappa shape index (κ3) is 7.11. The van der Waals surface area contributed by atoms with E-state index in [4.69, 9.17) is 10.5 Å². The number of carbonyl (C=O) groups is 1. The predicted octanol–water partition coefficient (Wildman–Crippen LogP) is 2.71. The first kappa shape index (κ1) is 21.1. The highest BCUT2D eigenvalue weighted by Gasteiger charge is 2.12. The zero-order valence-corrected chi connectivity index (χ0v) is 16.5. The summed E-state index contributed by atoms with van der Waals surface area (Å²) < 4.78 is 5.71. The molecule has 4 N–H and O–H groups in total. The van der Waals surface area contributed by atoms with Gasteiger partial charge in [-0.05, 0) is 18.6 Å². The molecule has 0 bridgehead atoms. The van der Waals surface area contributed by atoms with Gasteiger partial charge in [-0.15, -0.1) is 0 Å². The van der Waals surface area contributed by atoms with Crippen molar-refractivity contribution >= 4 is 24.2 Å². The predicted molar refractivity (Wildman–Crippen MR) is 113 cm³/mol. The van der Waals surface area contributed by atoms with Gasteiger partial charge in [0.1, 0.15) is 0 Å². The third-order valence-corrected chi connectivity index (χ3v) is 4.38. The van der Waals surface area contributed by atoms with Gasteiger partial charge in [0, 0.05) is 30.4 Å². The molecular formula is C20H28N4O2S. The number of rotatable bonds is 11. The molecule has 7 heteroatoms. The maximum atomic E-state index is 12.0. The Morgan fingerprint density at radius 3 is 2.74 bits per heavy atom. The zero-order chi connectivity index (χ0) is 19.5. The summed E-state index contributed by atoms with van der Waals surface area (Å²) in [6.07, 6.45) is 1.98. The summed E-state index contributed by atoms with van der Waals surface area (Å²) in [5, 5.41) is 6.06. The first-order valence-corrected chi connectivity index (χ1v) is 9.83. The van der Waals surface area contributed by atoms with Crippen LogP contribution < -0.4 is 21.1 Å². The first-order chi connectivity index (χ1) is 13.1. The van der Waals surface area contributed by atoms with Crippen molar-refractivity contribution in [2.75, 3.05) is 30.8 Å². The van der Waals surface area contributed by atoms with E-state index in [0.29, 0.717) is 30.4 Å². The minimum atomic E-state index is -0.159. The first-order valence-electron chi connectivity index (χ1n) is 9.20. The van der Waals surface area contributed by atoms with Gasteiger partial charge < -0.3 is 21.1 Å². The molecule has 0 spiro atoms. The van der Waals surface area contributed by atoms with Crippen molar-refractivity contribution in [2.24, 2.45) is 5.73 Å². The molecule has 0 saturated carbocycles. The molecule has 6 nitrogen and oxygen atoms in total. The van der Waals surface area contributed by atoms with Crippen LogP contribution in [0, 0.1) is 0 Å². The van der Waals surface area contributed by atoms with E-state index in [1.54, 1.807) is 0 Å². The van der Waals surface area contributed by atoms with E-state index in [1.165, 1.54) is 0 Å². The molecule has 1 amide bonds. The van der Waals surface area contributed by atoms with E-state index in [9.17, 15) is 4.79 Å². The smallest absolute Gasteiger partial charge is 0.258 e. The lowest BCUT2D eigenvalue weighted by molar-refractivity contribution is -0.123. The quantitative estimate of drug-likeness (QED) is 0.351. The molecule has 0 aliphatic carbocycles. The summed E-state index contributed by atoms with van der Waals surface area (Å²) in [7, 11) is 0. The van der Waals surface area contributed by atoms with Crippen LogP contribution in [0.2, 0.25) is 0 Å². The van der Waals surface area contributed by atoms with Gasteiger partial charge in [-0.1, -0.05) is 43.7 Å². The van der Waals surface area contributed by atoms with Crippen LogP contribution in [-0.4, -0.2) is 42.4 Å². The fraction of sp³-hybridized carbons (Fsp3) is 0.400. The van der Waals surface area contributed by atoms with Crippen LogP contribution in [0.5, 0.6) is 5.88 Å². The Morgan fingerprint density at radius 2 is 2.04 bits per heavy atom. The number of amides is 1. The summed E-state index contributed by atoms with van der Waals surface area (Å²) in [5.41, 5.74) is 8.38. The molecule has 2 aromatic rings. The molecule has 1 aromatic carbocycles. The highest BCUT2D eigenvalue weighted by molar-refractivity contribution is 7.80. The molecule has 0 aliphatic heterocycles. The number of nitrogens with zero attached hydrogens (tertiary/aromatic N) is 1. The van der Waals surface area contributed by atoms with Crippen molar-refractivity contribution in [3.63, 3.8) is 0 Å². The molecule has 27 heavy (non-hydrogen) atoms. The van der Waals surface area contributed by atoms with E-state index < -0.39 is 0 Å². The second-order valence-corrected chi connectivity index (χ2v) is 6.60. The second kappa shape index (κ2) is 11.5. The number of carbonyl (C=O) groups excluding carboxylic acids is 1. The number of ether oxygens (including phenoxy) is 1. The lowest BCUT2D eigenvalue weighted by atomic mass is 10.1. The van der Waals surface area contributed by atoms with E-state index in [2.05, 4.69) is 35.2 Å². The van der Waals surface area contributed by atoms with Crippen LogP contribution in [-0.2, 0) is 4.79 Å².